The molecule has 0 aliphatic carbocycles. The molecule has 8 nitrogen and oxygen atoms in total. The third-order valence-electron chi connectivity index (χ3n) is 6.41. The van der Waals surface area contributed by atoms with Crippen LogP contribution in [0.15, 0.2) is 48.5 Å². The van der Waals surface area contributed by atoms with Gasteiger partial charge in [-0.2, -0.15) is 0 Å². The van der Waals surface area contributed by atoms with Crippen LogP contribution < -0.4 is 9.47 Å². The summed E-state index contributed by atoms with van der Waals surface area (Å²) in [5, 5.41) is 11.1. The summed E-state index contributed by atoms with van der Waals surface area (Å²) in [5.74, 6) is 1.31. The van der Waals surface area contributed by atoms with E-state index in [0.717, 1.165) is 32.7 Å². The Balaban J connectivity index is 1.19. The molecule has 1 amide bonds. The summed E-state index contributed by atoms with van der Waals surface area (Å²) >= 11 is 5.90. The van der Waals surface area contributed by atoms with Crippen molar-refractivity contribution in [3.05, 3.63) is 59.1 Å². The van der Waals surface area contributed by atoms with E-state index in [-0.39, 0.29) is 18.6 Å². The van der Waals surface area contributed by atoms with E-state index in [0.29, 0.717) is 48.3 Å². The maximum atomic E-state index is 12.9. The summed E-state index contributed by atoms with van der Waals surface area (Å²) in [4.78, 5) is 19.4. The van der Waals surface area contributed by atoms with Crippen LogP contribution in [-0.2, 0) is 4.74 Å². The number of nitrogens with zero attached hydrogens (tertiary/aromatic N) is 3. The Morgan fingerprint density at radius 1 is 1.09 bits per heavy atom. The summed E-state index contributed by atoms with van der Waals surface area (Å²) in [6.07, 6.45) is -0.515. The third kappa shape index (κ3) is 7.32. The number of morpholine rings is 1. The number of piperazine rings is 1. The molecule has 0 spiro atoms. The second-order valence-corrected chi connectivity index (χ2v) is 9.40. The van der Waals surface area contributed by atoms with Gasteiger partial charge in [-0.3, -0.25) is 14.6 Å². The fourth-order valence-electron chi connectivity index (χ4n) is 4.54. The van der Waals surface area contributed by atoms with E-state index in [4.69, 9.17) is 25.8 Å². The summed E-state index contributed by atoms with van der Waals surface area (Å²) in [7, 11) is 1.59. The number of carbonyl (C=O) groups is 1. The highest BCUT2D eigenvalue weighted by Gasteiger charge is 2.28. The molecule has 2 aromatic rings. The van der Waals surface area contributed by atoms with Gasteiger partial charge in [0.05, 0.1) is 25.4 Å². The zero-order chi connectivity index (χ0) is 24.6. The van der Waals surface area contributed by atoms with Gasteiger partial charge in [0.15, 0.2) is 0 Å². The molecule has 190 valence electrons. The van der Waals surface area contributed by atoms with E-state index in [2.05, 4.69) is 9.80 Å². The molecule has 2 fully saturated rings. The Kier molecular flexibility index (Phi) is 9.23. The summed E-state index contributed by atoms with van der Waals surface area (Å²) < 4.78 is 17.0. The van der Waals surface area contributed by atoms with E-state index in [1.807, 2.05) is 29.2 Å². The van der Waals surface area contributed by atoms with Gasteiger partial charge in [0, 0.05) is 57.4 Å². The minimum atomic E-state index is -0.589. The van der Waals surface area contributed by atoms with Crippen molar-refractivity contribution in [1.82, 2.24) is 14.7 Å². The van der Waals surface area contributed by atoms with Crippen LogP contribution in [0.5, 0.6) is 11.5 Å². The topological polar surface area (TPSA) is 74.7 Å². The Morgan fingerprint density at radius 3 is 2.57 bits per heavy atom. The van der Waals surface area contributed by atoms with Crippen LogP contribution in [0.1, 0.15) is 10.4 Å². The number of hydrogen-bond donors (Lipinski definition) is 1. The molecule has 2 aliphatic heterocycles. The second-order valence-electron chi connectivity index (χ2n) is 8.96. The van der Waals surface area contributed by atoms with Crippen LogP contribution in [0.3, 0.4) is 0 Å². The monoisotopic (exact) mass is 503 g/mol. The Bertz CT molecular complexity index is 952. The quantitative estimate of drug-likeness (QED) is 0.562. The van der Waals surface area contributed by atoms with Crippen molar-refractivity contribution in [2.45, 2.75) is 12.2 Å². The van der Waals surface area contributed by atoms with Gasteiger partial charge in [0.2, 0.25) is 0 Å². The van der Waals surface area contributed by atoms with Crippen LogP contribution in [0, 0.1) is 0 Å². The van der Waals surface area contributed by atoms with Crippen LogP contribution >= 0.6 is 11.6 Å². The van der Waals surface area contributed by atoms with E-state index in [9.17, 15) is 9.90 Å². The largest absolute Gasteiger partial charge is 0.496 e. The van der Waals surface area contributed by atoms with Gasteiger partial charge in [-0.25, -0.2) is 0 Å². The predicted octanol–water partition coefficient (Wildman–Crippen LogP) is 2.25. The van der Waals surface area contributed by atoms with Crippen molar-refractivity contribution in [3.8, 4) is 11.5 Å². The average Bonchev–Trinajstić information content (AvgIpc) is 2.88. The number of carbonyl (C=O) groups excluding carboxylic acids is 1. The van der Waals surface area contributed by atoms with Gasteiger partial charge < -0.3 is 24.2 Å². The smallest absolute Gasteiger partial charge is 0.257 e. The molecule has 2 aliphatic rings. The lowest BCUT2D eigenvalue weighted by Crippen LogP contribution is -2.54. The highest BCUT2D eigenvalue weighted by atomic mass is 35.5. The molecule has 0 radical (unpaired) electrons. The highest BCUT2D eigenvalue weighted by molar-refractivity contribution is 6.30. The number of para-hydroxylation sites is 1. The number of amides is 1. The zero-order valence-electron chi connectivity index (χ0n) is 20.1. The van der Waals surface area contributed by atoms with Crippen molar-refractivity contribution >= 4 is 17.5 Å². The van der Waals surface area contributed by atoms with Crippen molar-refractivity contribution < 1.29 is 24.1 Å². The van der Waals surface area contributed by atoms with Gasteiger partial charge in [-0.15, -0.1) is 0 Å². The maximum absolute atomic E-state index is 12.9. The lowest BCUT2D eigenvalue weighted by Gasteiger charge is -2.39. The lowest BCUT2D eigenvalue weighted by molar-refractivity contribution is -0.0591. The molecule has 2 saturated heterocycles. The third-order valence-corrected chi connectivity index (χ3v) is 6.66. The summed E-state index contributed by atoms with van der Waals surface area (Å²) in [6.45, 7) is 6.72. The number of hydrogen-bond acceptors (Lipinski definition) is 7. The van der Waals surface area contributed by atoms with Gasteiger partial charge in [-0.1, -0.05) is 23.7 Å². The van der Waals surface area contributed by atoms with Crippen molar-refractivity contribution in [2.75, 3.05) is 72.7 Å². The SMILES string of the molecule is COc1ccccc1C(=O)N1CCN(CC2CN(CC(O)COc3ccc(Cl)cc3)CCO2)CC1. The Labute approximate surface area is 211 Å². The van der Waals surface area contributed by atoms with Gasteiger partial charge in [0.1, 0.15) is 24.2 Å². The Morgan fingerprint density at radius 2 is 1.83 bits per heavy atom. The second kappa shape index (κ2) is 12.6. The first-order valence-corrected chi connectivity index (χ1v) is 12.4. The van der Waals surface area contributed by atoms with Gasteiger partial charge in [-0.05, 0) is 36.4 Å². The fraction of sp³-hybridized carbons (Fsp3) is 0.500. The van der Waals surface area contributed by atoms with E-state index >= 15 is 0 Å². The molecule has 35 heavy (non-hydrogen) atoms. The normalized spacial score (nSPS) is 20.4. The van der Waals surface area contributed by atoms with E-state index in [1.165, 1.54) is 0 Å². The number of aliphatic hydroxyl groups excluding tert-OH is 1. The molecular weight excluding hydrogens is 470 g/mol. The molecule has 2 atom stereocenters. The summed E-state index contributed by atoms with van der Waals surface area (Å²) in [6, 6.07) is 14.5. The van der Waals surface area contributed by atoms with Crippen molar-refractivity contribution in [2.24, 2.45) is 0 Å². The minimum absolute atomic E-state index is 0.0111. The van der Waals surface area contributed by atoms with Gasteiger partial charge >= 0.3 is 0 Å². The molecule has 0 bridgehead atoms. The molecule has 2 unspecified atom stereocenters. The first kappa shape index (κ1) is 25.7. The molecule has 0 aromatic heterocycles. The number of aliphatic hydroxyl groups is 1. The molecule has 9 heteroatoms. The molecule has 2 heterocycles. The first-order chi connectivity index (χ1) is 17.0. The number of benzene rings is 2. The fourth-order valence-corrected chi connectivity index (χ4v) is 4.67. The predicted molar refractivity (Wildman–Crippen MR) is 134 cm³/mol. The number of ether oxygens (including phenoxy) is 3. The number of β-amino-alcohol motifs (C(OH)–C–C–N with tert-alkyl or cyclic N) is 1. The first-order valence-electron chi connectivity index (χ1n) is 12.1. The van der Waals surface area contributed by atoms with Crippen LogP contribution in [0.2, 0.25) is 5.02 Å². The minimum Gasteiger partial charge on any atom is -0.496 e. The van der Waals surface area contributed by atoms with Crippen molar-refractivity contribution in [1.29, 1.82) is 0 Å². The van der Waals surface area contributed by atoms with E-state index < -0.39 is 6.10 Å². The van der Waals surface area contributed by atoms with Crippen LogP contribution in [0.25, 0.3) is 0 Å². The number of halogens is 1. The highest BCUT2D eigenvalue weighted by Crippen LogP contribution is 2.20. The maximum Gasteiger partial charge on any atom is 0.257 e. The molecular formula is C26H34ClN3O5. The molecule has 0 saturated carbocycles. The Hall–Kier alpha value is -2.36. The number of rotatable bonds is 9. The molecule has 1 N–H and O–H groups in total. The lowest BCUT2D eigenvalue weighted by atomic mass is 10.1. The standard InChI is InChI=1S/C26H34ClN3O5/c1-33-25-5-3-2-4-24(25)26(32)30-12-10-28(11-13-30)17-23-18-29(14-15-34-23)16-21(31)19-35-22-8-6-20(27)7-9-22/h2-9,21,23,31H,10-19H2,1H3. The zero-order valence-corrected chi connectivity index (χ0v) is 20.9. The van der Waals surface area contributed by atoms with Gasteiger partial charge in [0.25, 0.3) is 5.91 Å². The average molecular weight is 504 g/mol. The number of methoxy groups -OCH3 is 1. The van der Waals surface area contributed by atoms with Crippen molar-refractivity contribution in [3.63, 3.8) is 0 Å². The van der Waals surface area contributed by atoms with Crippen LogP contribution in [0.4, 0.5) is 0 Å². The van der Waals surface area contributed by atoms with E-state index in [1.54, 1.807) is 31.4 Å². The molecule has 4 rings (SSSR count). The summed E-state index contributed by atoms with van der Waals surface area (Å²) in [5.41, 5.74) is 0.605. The van der Waals surface area contributed by atoms with Crippen LogP contribution in [-0.4, -0.2) is 111 Å². The molecule has 2 aromatic carbocycles.